The van der Waals surface area contributed by atoms with Crippen LogP contribution in [0.4, 0.5) is 13.2 Å². The Morgan fingerprint density at radius 3 is 2.65 bits per heavy atom. The van der Waals surface area contributed by atoms with Crippen LogP contribution in [0.1, 0.15) is 13.3 Å². The molecule has 4 nitrogen and oxygen atoms in total. The van der Waals surface area contributed by atoms with E-state index in [2.05, 4.69) is 0 Å². The molecule has 1 aromatic carbocycles. The molecule has 112 valence electrons. The van der Waals surface area contributed by atoms with Gasteiger partial charge in [0, 0.05) is 0 Å². The minimum Gasteiger partial charge on any atom is -0.478 e. The van der Waals surface area contributed by atoms with Crippen LogP contribution < -0.4 is 15.8 Å². The maximum Gasteiger partial charge on any atom is 0.277 e. The summed E-state index contributed by atoms with van der Waals surface area (Å²) >= 11 is 0. The first kappa shape index (κ1) is 16.3. The number of halogens is 3. The maximum atomic E-state index is 13.4. The number of hydrogen-bond donors (Lipinski definition) is 2. The first-order chi connectivity index (χ1) is 9.39. The number of carbonyl (C=O) groups excluding carboxylic acids is 1. The van der Waals surface area contributed by atoms with Crippen molar-refractivity contribution < 1.29 is 22.7 Å². The van der Waals surface area contributed by atoms with Gasteiger partial charge >= 0.3 is 0 Å². The van der Waals surface area contributed by atoms with Crippen molar-refractivity contribution in [1.82, 2.24) is 5.32 Å². The van der Waals surface area contributed by atoms with Gasteiger partial charge in [-0.15, -0.1) is 0 Å². The zero-order valence-corrected chi connectivity index (χ0v) is 11.0. The van der Waals surface area contributed by atoms with Crippen LogP contribution in [0.3, 0.4) is 0 Å². The van der Waals surface area contributed by atoms with Crippen molar-refractivity contribution in [3.05, 3.63) is 30.1 Å². The third-order valence-electron chi connectivity index (χ3n) is 2.59. The molecule has 0 saturated heterocycles. The summed E-state index contributed by atoms with van der Waals surface area (Å²) in [6.45, 7) is -0.107. The maximum absolute atomic E-state index is 13.4. The van der Waals surface area contributed by atoms with E-state index >= 15 is 0 Å². The molecule has 20 heavy (non-hydrogen) atoms. The average molecular weight is 290 g/mol. The largest absolute Gasteiger partial charge is 0.478 e. The van der Waals surface area contributed by atoms with Gasteiger partial charge in [-0.05, 0) is 18.6 Å². The lowest BCUT2D eigenvalue weighted by atomic mass is 10.2. The molecule has 1 atom stereocenters. The van der Waals surface area contributed by atoms with Gasteiger partial charge in [0.2, 0.25) is 0 Å². The number of amides is 1. The van der Waals surface area contributed by atoms with Crippen LogP contribution >= 0.6 is 0 Å². The van der Waals surface area contributed by atoms with Gasteiger partial charge in [-0.3, -0.25) is 4.79 Å². The van der Waals surface area contributed by atoms with Gasteiger partial charge in [-0.2, -0.15) is 0 Å². The number of ether oxygens (including phenoxy) is 1. The van der Waals surface area contributed by atoms with Gasteiger partial charge in [0.1, 0.15) is 0 Å². The molecule has 0 aromatic heterocycles. The number of rotatable bonds is 7. The summed E-state index contributed by atoms with van der Waals surface area (Å²) in [4.78, 5) is 11.7. The molecule has 0 aliphatic carbocycles. The Bertz CT molecular complexity index is 455. The highest BCUT2D eigenvalue weighted by atomic mass is 19.3. The van der Waals surface area contributed by atoms with Crippen LogP contribution in [0.15, 0.2) is 24.3 Å². The molecular formula is C13H17F3N2O2. The van der Waals surface area contributed by atoms with E-state index in [1.807, 2.05) is 5.32 Å². The Balaban J connectivity index is 2.62. The number of hydrogen-bond acceptors (Lipinski definition) is 3. The van der Waals surface area contributed by atoms with E-state index in [1.165, 1.54) is 18.2 Å². The molecule has 0 aliphatic heterocycles. The van der Waals surface area contributed by atoms with Gasteiger partial charge in [0.05, 0.1) is 13.1 Å². The summed E-state index contributed by atoms with van der Waals surface area (Å²) in [7, 11) is 0. The van der Waals surface area contributed by atoms with Gasteiger partial charge in [-0.1, -0.05) is 19.1 Å². The molecular weight excluding hydrogens is 273 g/mol. The fourth-order valence-corrected chi connectivity index (χ4v) is 1.42. The number of alkyl halides is 2. The molecule has 1 rings (SSSR count). The minimum absolute atomic E-state index is 0.0971. The molecule has 0 bridgehead atoms. The Hall–Kier alpha value is -1.76. The SMILES string of the molecule is CCC(Oc1ccccc1F)C(=O)NCC(F)(F)CN. The van der Waals surface area contributed by atoms with Gasteiger partial charge in [0.15, 0.2) is 17.7 Å². The molecule has 0 spiro atoms. The molecule has 0 saturated carbocycles. The van der Waals surface area contributed by atoms with E-state index in [0.29, 0.717) is 0 Å². The van der Waals surface area contributed by atoms with Crippen LogP contribution in [-0.4, -0.2) is 31.0 Å². The van der Waals surface area contributed by atoms with E-state index < -0.39 is 36.8 Å². The number of nitrogens with one attached hydrogen (secondary N) is 1. The average Bonchev–Trinajstić information content (AvgIpc) is 2.44. The minimum atomic E-state index is -3.17. The standard InChI is InChI=1S/C13H17F3N2O2/c1-2-10(12(19)18-8-13(15,16)7-17)20-11-6-4-3-5-9(11)14/h3-6,10H,2,7-8,17H2,1H3,(H,18,19). The predicted octanol–water partition coefficient (Wildman–Crippen LogP) is 1.69. The van der Waals surface area contributed by atoms with Crippen molar-refractivity contribution in [2.24, 2.45) is 5.73 Å². The quantitative estimate of drug-likeness (QED) is 0.803. The fraction of sp³-hybridized carbons (Fsp3) is 0.462. The van der Waals surface area contributed by atoms with Crippen LogP contribution in [-0.2, 0) is 4.79 Å². The lowest BCUT2D eigenvalue weighted by molar-refractivity contribution is -0.130. The first-order valence-corrected chi connectivity index (χ1v) is 6.16. The lowest BCUT2D eigenvalue weighted by Crippen LogP contribution is -2.46. The first-order valence-electron chi connectivity index (χ1n) is 6.16. The van der Waals surface area contributed by atoms with E-state index in [-0.39, 0.29) is 12.2 Å². The predicted molar refractivity (Wildman–Crippen MR) is 68.1 cm³/mol. The Morgan fingerprint density at radius 2 is 2.10 bits per heavy atom. The summed E-state index contributed by atoms with van der Waals surface area (Å²) in [5.41, 5.74) is 4.86. The normalized spacial score (nSPS) is 12.8. The molecule has 0 radical (unpaired) electrons. The van der Waals surface area contributed by atoms with Crippen molar-refractivity contribution >= 4 is 5.91 Å². The van der Waals surface area contributed by atoms with Gasteiger partial charge in [0.25, 0.3) is 11.8 Å². The van der Waals surface area contributed by atoms with Crippen molar-refractivity contribution in [1.29, 1.82) is 0 Å². The monoisotopic (exact) mass is 290 g/mol. The molecule has 1 aromatic rings. The summed E-state index contributed by atoms with van der Waals surface area (Å²) < 4.78 is 44.4. The van der Waals surface area contributed by atoms with Crippen LogP contribution in [0.25, 0.3) is 0 Å². The van der Waals surface area contributed by atoms with E-state index in [9.17, 15) is 18.0 Å². The summed E-state index contributed by atoms with van der Waals surface area (Å²) in [5, 5.41) is 2.05. The summed E-state index contributed by atoms with van der Waals surface area (Å²) in [5.74, 6) is -4.62. The summed E-state index contributed by atoms with van der Waals surface area (Å²) in [6, 6.07) is 5.57. The molecule has 1 amide bonds. The van der Waals surface area contributed by atoms with Gasteiger partial charge < -0.3 is 15.8 Å². The molecule has 1 unspecified atom stereocenters. The smallest absolute Gasteiger partial charge is 0.277 e. The molecule has 0 aliphatic rings. The van der Waals surface area contributed by atoms with Crippen molar-refractivity contribution in [3.63, 3.8) is 0 Å². The number of nitrogens with two attached hydrogens (primary N) is 1. The Morgan fingerprint density at radius 1 is 1.45 bits per heavy atom. The third-order valence-corrected chi connectivity index (χ3v) is 2.59. The van der Waals surface area contributed by atoms with Crippen LogP contribution in [0, 0.1) is 5.82 Å². The second-order valence-corrected chi connectivity index (χ2v) is 4.22. The number of para-hydroxylation sites is 1. The second-order valence-electron chi connectivity index (χ2n) is 4.22. The highest BCUT2D eigenvalue weighted by Crippen LogP contribution is 2.18. The fourth-order valence-electron chi connectivity index (χ4n) is 1.42. The zero-order valence-electron chi connectivity index (χ0n) is 11.0. The van der Waals surface area contributed by atoms with E-state index in [4.69, 9.17) is 10.5 Å². The molecule has 3 N–H and O–H groups in total. The molecule has 0 fully saturated rings. The summed E-state index contributed by atoms with van der Waals surface area (Å²) in [6.07, 6.45) is -0.825. The van der Waals surface area contributed by atoms with E-state index in [0.717, 1.165) is 0 Å². The number of carbonyl (C=O) groups is 1. The van der Waals surface area contributed by atoms with Crippen LogP contribution in [0.2, 0.25) is 0 Å². The lowest BCUT2D eigenvalue weighted by Gasteiger charge is -2.20. The van der Waals surface area contributed by atoms with Crippen LogP contribution in [0.5, 0.6) is 5.75 Å². The molecule has 7 heteroatoms. The highest BCUT2D eigenvalue weighted by Gasteiger charge is 2.29. The van der Waals surface area contributed by atoms with Crippen molar-refractivity contribution in [2.45, 2.75) is 25.4 Å². The van der Waals surface area contributed by atoms with Crippen molar-refractivity contribution in [3.8, 4) is 5.75 Å². The third kappa shape index (κ3) is 4.73. The topological polar surface area (TPSA) is 64.3 Å². The molecule has 0 heterocycles. The van der Waals surface area contributed by atoms with Crippen molar-refractivity contribution in [2.75, 3.05) is 13.1 Å². The van der Waals surface area contributed by atoms with E-state index in [1.54, 1.807) is 13.0 Å². The van der Waals surface area contributed by atoms with Gasteiger partial charge in [-0.25, -0.2) is 13.2 Å². The number of benzene rings is 1. The Labute approximate surface area is 115 Å². The zero-order chi connectivity index (χ0) is 15.2. The Kier molecular flexibility index (Phi) is 5.82. The second kappa shape index (κ2) is 7.14. The highest BCUT2D eigenvalue weighted by molar-refractivity contribution is 5.81.